The predicted molar refractivity (Wildman–Crippen MR) is 122 cm³/mol. The number of carbonyl (C=O) groups excluding carboxylic acids is 2. The van der Waals surface area contributed by atoms with Crippen LogP contribution < -0.4 is 5.32 Å². The van der Waals surface area contributed by atoms with E-state index in [0.717, 1.165) is 9.13 Å². The number of ether oxygens (including phenoxy) is 1. The highest BCUT2D eigenvalue weighted by atomic mass is 127. The fourth-order valence-electron chi connectivity index (χ4n) is 2.51. The Morgan fingerprint density at radius 3 is 2.28 bits per heavy atom. The molecule has 146 valence electrons. The van der Waals surface area contributed by atoms with Gasteiger partial charge in [-0.05, 0) is 64.1 Å². The van der Waals surface area contributed by atoms with Crippen molar-refractivity contribution in [1.29, 1.82) is 0 Å². The minimum atomic E-state index is -0.622. The molecule has 1 amide bonds. The summed E-state index contributed by atoms with van der Waals surface area (Å²) in [7, 11) is 0. The second kappa shape index (κ2) is 10.2. The molecule has 3 rings (SSSR count). The molecule has 1 N–H and O–H groups in total. The Morgan fingerprint density at radius 1 is 0.931 bits per heavy atom. The fourth-order valence-corrected chi connectivity index (χ4v) is 3.27. The number of amides is 1. The van der Waals surface area contributed by atoms with Crippen molar-refractivity contribution >= 4 is 52.1 Å². The molecule has 0 radical (unpaired) electrons. The van der Waals surface area contributed by atoms with E-state index < -0.39 is 5.97 Å². The summed E-state index contributed by atoms with van der Waals surface area (Å²) < 4.78 is 6.19. The van der Waals surface area contributed by atoms with E-state index in [1.807, 2.05) is 42.5 Å². The molecule has 4 nitrogen and oxygen atoms in total. The molecular formula is C23H17ClINO3. The van der Waals surface area contributed by atoms with Crippen LogP contribution in [0.1, 0.15) is 21.5 Å². The van der Waals surface area contributed by atoms with E-state index in [4.69, 9.17) is 16.3 Å². The lowest BCUT2D eigenvalue weighted by Gasteiger charge is -2.11. The van der Waals surface area contributed by atoms with Gasteiger partial charge in [-0.2, -0.15) is 0 Å². The quantitative estimate of drug-likeness (QED) is 0.268. The molecule has 0 bridgehead atoms. The van der Waals surface area contributed by atoms with Crippen LogP contribution in [0.4, 0.5) is 0 Å². The average Bonchev–Trinajstić information content (AvgIpc) is 2.74. The van der Waals surface area contributed by atoms with Crippen molar-refractivity contribution in [1.82, 2.24) is 5.32 Å². The third kappa shape index (κ3) is 6.17. The Morgan fingerprint density at radius 2 is 1.59 bits per heavy atom. The first-order valence-corrected chi connectivity index (χ1v) is 10.2. The first-order valence-electron chi connectivity index (χ1n) is 8.77. The van der Waals surface area contributed by atoms with Gasteiger partial charge in [0.2, 0.25) is 0 Å². The predicted octanol–water partition coefficient (Wildman–Crippen LogP) is 5.46. The molecule has 3 aromatic rings. The maximum atomic E-state index is 12.7. The Kier molecular flexibility index (Phi) is 7.43. The normalized spacial score (nSPS) is 11.0. The van der Waals surface area contributed by atoms with Crippen molar-refractivity contribution in [3.63, 3.8) is 0 Å². The number of rotatable bonds is 6. The molecule has 0 spiro atoms. The van der Waals surface area contributed by atoms with Crippen LogP contribution in [0.25, 0.3) is 6.08 Å². The number of benzene rings is 3. The maximum absolute atomic E-state index is 12.7. The SMILES string of the molecule is O=C(OCc1ccccc1)/C(=C\c1ccc(Cl)cc1)NC(=O)c1ccccc1I. The second-order valence-electron chi connectivity index (χ2n) is 6.11. The molecule has 0 heterocycles. The molecule has 0 saturated heterocycles. The van der Waals surface area contributed by atoms with Crippen LogP contribution in [0.2, 0.25) is 5.02 Å². The molecule has 0 unspecified atom stereocenters. The van der Waals surface area contributed by atoms with E-state index in [2.05, 4.69) is 27.9 Å². The number of halogens is 2. The van der Waals surface area contributed by atoms with Crippen molar-refractivity contribution in [3.05, 3.63) is 110 Å². The number of hydrogen-bond donors (Lipinski definition) is 1. The summed E-state index contributed by atoms with van der Waals surface area (Å²) in [4.78, 5) is 25.4. The first-order chi connectivity index (χ1) is 14.0. The fraction of sp³-hybridized carbons (Fsp3) is 0.0435. The van der Waals surface area contributed by atoms with Crippen LogP contribution in [0, 0.1) is 3.57 Å². The van der Waals surface area contributed by atoms with E-state index in [-0.39, 0.29) is 18.2 Å². The van der Waals surface area contributed by atoms with E-state index in [1.54, 1.807) is 42.5 Å². The minimum Gasteiger partial charge on any atom is -0.456 e. The smallest absolute Gasteiger partial charge is 0.355 e. The molecule has 0 atom stereocenters. The number of esters is 1. The van der Waals surface area contributed by atoms with Crippen molar-refractivity contribution in [3.8, 4) is 0 Å². The van der Waals surface area contributed by atoms with Crippen LogP contribution >= 0.6 is 34.2 Å². The van der Waals surface area contributed by atoms with Gasteiger partial charge in [0, 0.05) is 8.59 Å². The van der Waals surface area contributed by atoms with Crippen LogP contribution in [0.5, 0.6) is 0 Å². The zero-order chi connectivity index (χ0) is 20.6. The van der Waals surface area contributed by atoms with Gasteiger partial charge in [-0.25, -0.2) is 4.79 Å². The lowest BCUT2D eigenvalue weighted by atomic mass is 10.1. The van der Waals surface area contributed by atoms with E-state index >= 15 is 0 Å². The van der Waals surface area contributed by atoms with Crippen LogP contribution in [-0.2, 0) is 16.1 Å². The van der Waals surface area contributed by atoms with Crippen LogP contribution in [0.15, 0.2) is 84.6 Å². The molecule has 0 aliphatic rings. The highest BCUT2D eigenvalue weighted by Crippen LogP contribution is 2.15. The van der Waals surface area contributed by atoms with Crippen molar-refractivity contribution in [2.45, 2.75) is 6.61 Å². The van der Waals surface area contributed by atoms with Gasteiger partial charge in [-0.3, -0.25) is 4.79 Å². The summed E-state index contributed by atoms with van der Waals surface area (Å²) in [5, 5.41) is 3.26. The Bertz CT molecular complexity index is 1030. The van der Waals surface area contributed by atoms with E-state index in [1.165, 1.54) is 0 Å². The minimum absolute atomic E-state index is 0.0490. The molecular weight excluding hydrogens is 501 g/mol. The van der Waals surface area contributed by atoms with Gasteiger partial charge in [0.1, 0.15) is 12.3 Å². The number of hydrogen-bond acceptors (Lipinski definition) is 3. The maximum Gasteiger partial charge on any atom is 0.355 e. The van der Waals surface area contributed by atoms with Crippen LogP contribution in [-0.4, -0.2) is 11.9 Å². The summed E-state index contributed by atoms with van der Waals surface area (Å²) in [5.41, 5.74) is 2.10. The van der Waals surface area contributed by atoms with Gasteiger partial charge in [0.15, 0.2) is 0 Å². The summed E-state index contributed by atoms with van der Waals surface area (Å²) in [6.07, 6.45) is 1.57. The Hall–Kier alpha value is -2.64. The van der Waals surface area contributed by atoms with Crippen LogP contribution in [0.3, 0.4) is 0 Å². The van der Waals surface area contributed by atoms with Crippen molar-refractivity contribution in [2.75, 3.05) is 0 Å². The lowest BCUT2D eigenvalue weighted by molar-refractivity contribution is -0.140. The molecule has 0 aromatic heterocycles. The van der Waals surface area contributed by atoms with E-state index in [0.29, 0.717) is 16.1 Å². The van der Waals surface area contributed by atoms with Gasteiger partial charge >= 0.3 is 5.97 Å². The summed E-state index contributed by atoms with van der Waals surface area (Å²) in [6.45, 7) is 0.108. The average molecular weight is 518 g/mol. The highest BCUT2D eigenvalue weighted by Gasteiger charge is 2.17. The largest absolute Gasteiger partial charge is 0.456 e. The van der Waals surface area contributed by atoms with Gasteiger partial charge in [0.25, 0.3) is 5.91 Å². The number of carbonyl (C=O) groups is 2. The van der Waals surface area contributed by atoms with Crippen molar-refractivity contribution in [2.24, 2.45) is 0 Å². The number of nitrogens with one attached hydrogen (secondary N) is 1. The lowest BCUT2D eigenvalue weighted by Crippen LogP contribution is -2.29. The second-order valence-corrected chi connectivity index (χ2v) is 7.70. The molecule has 0 aliphatic carbocycles. The first kappa shape index (κ1) is 21.1. The Balaban J connectivity index is 1.82. The highest BCUT2D eigenvalue weighted by molar-refractivity contribution is 14.1. The summed E-state index contributed by atoms with van der Waals surface area (Å²) in [5.74, 6) is -1.00. The molecule has 3 aromatic carbocycles. The molecule has 0 saturated carbocycles. The van der Waals surface area contributed by atoms with E-state index in [9.17, 15) is 9.59 Å². The van der Waals surface area contributed by atoms with Crippen molar-refractivity contribution < 1.29 is 14.3 Å². The standard InChI is InChI=1S/C23H17ClINO3/c24-18-12-10-16(11-13-18)14-21(23(28)29-15-17-6-2-1-3-7-17)26-22(27)19-8-4-5-9-20(19)25/h1-14H,15H2,(H,26,27)/b21-14+. The molecule has 0 fully saturated rings. The molecule has 29 heavy (non-hydrogen) atoms. The third-order valence-electron chi connectivity index (χ3n) is 3.98. The van der Waals surface area contributed by atoms with Gasteiger partial charge in [-0.1, -0.05) is 66.2 Å². The van der Waals surface area contributed by atoms with Gasteiger partial charge in [0.05, 0.1) is 5.56 Å². The zero-order valence-corrected chi connectivity index (χ0v) is 18.2. The molecule has 6 heteroatoms. The Labute approximate surface area is 187 Å². The third-order valence-corrected chi connectivity index (χ3v) is 5.17. The topological polar surface area (TPSA) is 55.4 Å². The zero-order valence-electron chi connectivity index (χ0n) is 15.3. The van der Waals surface area contributed by atoms with Gasteiger partial charge < -0.3 is 10.1 Å². The summed E-state index contributed by atoms with van der Waals surface area (Å²) >= 11 is 8.01. The summed E-state index contributed by atoms with van der Waals surface area (Å²) in [6, 6.07) is 23.4. The molecule has 0 aliphatic heterocycles. The monoisotopic (exact) mass is 517 g/mol. The van der Waals surface area contributed by atoms with Gasteiger partial charge in [-0.15, -0.1) is 0 Å².